The molecule has 0 unspecified atom stereocenters. The van der Waals surface area contributed by atoms with Crippen molar-refractivity contribution in [3.8, 4) is 16.9 Å². The molecule has 0 atom stereocenters. The van der Waals surface area contributed by atoms with Crippen molar-refractivity contribution in [2.45, 2.75) is 31.1 Å². The van der Waals surface area contributed by atoms with Crippen molar-refractivity contribution in [3.05, 3.63) is 84.2 Å². The third-order valence-electron chi connectivity index (χ3n) is 7.00. The van der Waals surface area contributed by atoms with Gasteiger partial charge in [0.15, 0.2) is 0 Å². The van der Waals surface area contributed by atoms with Crippen LogP contribution in [0.3, 0.4) is 0 Å². The van der Waals surface area contributed by atoms with Crippen molar-refractivity contribution < 1.29 is 17.9 Å². The minimum absolute atomic E-state index is 0.0548. The molecule has 1 amide bonds. The second-order valence-electron chi connectivity index (χ2n) is 9.84. The minimum atomic E-state index is -3.07. The van der Waals surface area contributed by atoms with Crippen LogP contribution in [0.25, 0.3) is 11.1 Å². The van der Waals surface area contributed by atoms with Crippen LogP contribution in [0.5, 0.6) is 5.75 Å². The molecular weight excluding hydrogens is 500 g/mol. The van der Waals surface area contributed by atoms with E-state index in [2.05, 4.69) is 15.2 Å². The summed E-state index contributed by atoms with van der Waals surface area (Å²) in [7, 11) is -3.07. The molecular formula is C29H34N4O4S. The lowest BCUT2D eigenvalue weighted by molar-refractivity contribution is -0.120. The van der Waals surface area contributed by atoms with Crippen LogP contribution >= 0.6 is 0 Å². The number of pyridine rings is 1. The Hall–Kier alpha value is -3.27. The molecule has 1 aliphatic heterocycles. The first-order valence-electron chi connectivity index (χ1n) is 13.2. The Bertz CT molecular complexity index is 1300. The van der Waals surface area contributed by atoms with Crippen LogP contribution in [-0.2, 0) is 27.8 Å². The monoisotopic (exact) mass is 534 g/mol. The van der Waals surface area contributed by atoms with E-state index in [1.54, 1.807) is 10.5 Å². The maximum Gasteiger partial charge on any atom is 0.226 e. The van der Waals surface area contributed by atoms with Crippen LogP contribution in [0.2, 0.25) is 0 Å². The van der Waals surface area contributed by atoms with Crippen LogP contribution in [0.15, 0.2) is 72.9 Å². The Kier molecular flexibility index (Phi) is 8.36. The van der Waals surface area contributed by atoms with Gasteiger partial charge in [0, 0.05) is 56.7 Å². The summed E-state index contributed by atoms with van der Waals surface area (Å²) in [4.78, 5) is 19.0. The highest BCUT2D eigenvalue weighted by molar-refractivity contribution is 7.90. The van der Waals surface area contributed by atoms with Crippen LogP contribution < -0.4 is 10.1 Å². The number of nitrogens with one attached hydrogen (secondary N) is 1. The zero-order chi connectivity index (χ0) is 26.4. The van der Waals surface area contributed by atoms with E-state index < -0.39 is 10.0 Å². The Morgan fingerprint density at radius 1 is 0.921 bits per heavy atom. The molecule has 9 heteroatoms. The first-order valence-corrected chi connectivity index (χ1v) is 14.7. The van der Waals surface area contributed by atoms with Crippen molar-refractivity contribution in [1.82, 2.24) is 19.5 Å². The molecule has 2 aliphatic rings. The fourth-order valence-electron chi connectivity index (χ4n) is 4.54. The van der Waals surface area contributed by atoms with Crippen LogP contribution in [0.1, 0.15) is 24.1 Å². The van der Waals surface area contributed by atoms with E-state index in [0.29, 0.717) is 26.2 Å². The van der Waals surface area contributed by atoms with Crippen molar-refractivity contribution in [3.63, 3.8) is 0 Å². The highest BCUT2D eigenvalue weighted by Crippen LogP contribution is 2.31. The van der Waals surface area contributed by atoms with Crippen molar-refractivity contribution in [2.24, 2.45) is 0 Å². The summed E-state index contributed by atoms with van der Waals surface area (Å²) >= 11 is 0. The van der Waals surface area contributed by atoms with E-state index in [9.17, 15) is 13.2 Å². The number of hydrogen-bond acceptors (Lipinski definition) is 6. The number of hydrogen-bond donors (Lipinski definition) is 1. The molecule has 200 valence electrons. The lowest BCUT2D eigenvalue weighted by Gasteiger charge is -2.33. The van der Waals surface area contributed by atoms with E-state index in [4.69, 9.17) is 4.74 Å². The summed E-state index contributed by atoms with van der Waals surface area (Å²) in [5.41, 5.74) is 3.79. The summed E-state index contributed by atoms with van der Waals surface area (Å²) in [5.74, 6) is 0.740. The minimum Gasteiger partial charge on any atom is -0.492 e. The largest absolute Gasteiger partial charge is 0.492 e. The van der Waals surface area contributed by atoms with Gasteiger partial charge in [-0.3, -0.25) is 14.7 Å². The second-order valence-corrected chi connectivity index (χ2v) is 12.0. The average molecular weight is 535 g/mol. The molecule has 8 nitrogen and oxygen atoms in total. The van der Waals surface area contributed by atoms with E-state index >= 15 is 0 Å². The van der Waals surface area contributed by atoms with Gasteiger partial charge in [-0.2, -0.15) is 4.31 Å². The Morgan fingerprint density at radius 3 is 2.29 bits per heavy atom. The van der Waals surface area contributed by atoms with Gasteiger partial charge >= 0.3 is 0 Å². The molecule has 2 heterocycles. The molecule has 0 spiro atoms. The molecule has 1 N–H and O–H groups in total. The van der Waals surface area contributed by atoms with Gasteiger partial charge in [-0.1, -0.05) is 48.5 Å². The maximum atomic E-state index is 12.4. The van der Waals surface area contributed by atoms with Gasteiger partial charge in [0.05, 0.1) is 11.7 Å². The number of amides is 1. The lowest BCUT2D eigenvalue weighted by atomic mass is 10.1. The van der Waals surface area contributed by atoms with Gasteiger partial charge < -0.3 is 10.1 Å². The SMILES string of the molecule is O=C(Cc1ccc(-c2ccc(OCCN3CCN(S(=O)(=O)C4CC4)CC3)cc2)cn1)NCc1ccccc1. The molecule has 1 saturated carbocycles. The van der Waals surface area contributed by atoms with Gasteiger partial charge in [0.25, 0.3) is 0 Å². The number of piperazine rings is 1. The van der Waals surface area contributed by atoms with Gasteiger partial charge in [-0.25, -0.2) is 8.42 Å². The first-order chi connectivity index (χ1) is 18.5. The van der Waals surface area contributed by atoms with E-state index in [-0.39, 0.29) is 17.6 Å². The van der Waals surface area contributed by atoms with Crippen LogP contribution in [0.4, 0.5) is 0 Å². The topological polar surface area (TPSA) is 91.8 Å². The second kappa shape index (κ2) is 12.1. The molecule has 1 saturated heterocycles. The average Bonchev–Trinajstić information content (AvgIpc) is 3.80. The molecule has 38 heavy (non-hydrogen) atoms. The molecule has 5 rings (SSSR count). The maximum absolute atomic E-state index is 12.4. The lowest BCUT2D eigenvalue weighted by Crippen LogP contribution is -2.50. The number of carbonyl (C=O) groups is 1. The van der Waals surface area contributed by atoms with Gasteiger partial charge in [0.2, 0.25) is 15.9 Å². The van der Waals surface area contributed by atoms with Gasteiger partial charge in [-0.15, -0.1) is 0 Å². The van der Waals surface area contributed by atoms with Crippen LogP contribution in [-0.4, -0.2) is 73.1 Å². The van der Waals surface area contributed by atoms with E-state index in [1.165, 1.54) is 0 Å². The molecule has 3 aromatic rings. The quantitative estimate of drug-likeness (QED) is 0.407. The third kappa shape index (κ3) is 6.98. The Labute approximate surface area is 224 Å². The Morgan fingerprint density at radius 2 is 1.63 bits per heavy atom. The zero-order valence-electron chi connectivity index (χ0n) is 21.5. The number of rotatable bonds is 11. The van der Waals surface area contributed by atoms with Crippen molar-refractivity contribution in [1.29, 1.82) is 0 Å². The number of ether oxygens (including phenoxy) is 1. The van der Waals surface area contributed by atoms with Gasteiger partial charge in [0.1, 0.15) is 12.4 Å². The standard InChI is InChI=1S/C29H34N4O4S/c34-29(31-21-23-4-2-1-3-5-23)20-26-9-6-25(22-30-26)24-7-10-27(11-8-24)37-19-18-32-14-16-33(17-15-32)38(35,36)28-12-13-28/h1-11,22,28H,12-21H2,(H,31,34). The van der Waals surface area contributed by atoms with Gasteiger partial charge in [-0.05, 0) is 42.2 Å². The smallest absolute Gasteiger partial charge is 0.226 e. The highest BCUT2D eigenvalue weighted by atomic mass is 32.2. The van der Waals surface area contributed by atoms with Crippen molar-refractivity contribution >= 4 is 15.9 Å². The van der Waals surface area contributed by atoms with Crippen LogP contribution in [0, 0.1) is 0 Å². The third-order valence-corrected chi connectivity index (χ3v) is 9.40. The Balaban J connectivity index is 1.03. The summed E-state index contributed by atoms with van der Waals surface area (Å²) in [6, 6.07) is 21.6. The number of aromatic nitrogens is 1. The molecule has 0 bridgehead atoms. The number of benzene rings is 2. The highest BCUT2D eigenvalue weighted by Gasteiger charge is 2.40. The van der Waals surface area contributed by atoms with Crippen molar-refractivity contribution in [2.75, 3.05) is 39.3 Å². The molecule has 2 aromatic carbocycles. The van der Waals surface area contributed by atoms with E-state index in [1.807, 2.05) is 66.7 Å². The first kappa shape index (κ1) is 26.3. The normalized spacial score (nSPS) is 16.7. The van der Waals surface area contributed by atoms with E-state index in [0.717, 1.165) is 60.6 Å². The number of carbonyl (C=O) groups excluding carboxylic acids is 1. The number of nitrogens with zero attached hydrogens (tertiary/aromatic N) is 3. The molecule has 2 fully saturated rings. The fraction of sp³-hybridized carbons (Fsp3) is 0.379. The predicted molar refractivity (Wildman–Crippen MR) is 147 cm³/mol. The number of sulfonamides is 1. The molecule has 1 aromatic heterocycles. The summed E-state index contributed by atoms with van der Waals surface area (Å²) in [6.07, 6.45) is 3.65. The molecule has 0 radical (unpaired) electrons. The summed E-state index contributed by atoms with van der Waals surface area (Å²) < 4.78 is 32.3. The summed E-state index contributed by atoms with van der Waals surface area (Å²) in [5, 5.41) is 2.80. The fourth-order valence-corrected chi connectivity index (χ4v) is 6.37. The predicted octanol–water partition coefficient (Wildman–Crippen LogP) is 3.10. The molecule has 1 aliphatic carbocycles. The summed E-state index contributed by atoms with van der Waals surface area (Å²) in [6.45, 7) is 4.45. The zero-order valence-corrected chi connectivity index (χ0v) is 22.3.